The van der Waals surface area contributed by atoms with Crippen LogP contribution in [-0.2, 0) is 14.3 Å². The predicted octanol–water partition coefficient (Wildman–Crippen LogP) is 0.741. The molecule has 1 heterocycles. The topological polar surface area (TPSA) is 83.9 Å². The van der Waals surface area contributed by atoms with Gasteiger partial charge in [-0.05, 0) is 19.8 Å². The van der Waals surface area contributed by atoms with Crippen LogP contribution in [0, 0.1) is 5.92 Å². The van der Waals surface area contributed by atoms with Gasteiger partial charge in [-0.2, -0.15) is 8.42 Å². The zero-order valence-electron chi connectivity index (χ0n) is 9.42. The standard InChI is InChI=1S/C9H17NO5S/c1-7(15-16(2,13)14)8-4-3-5-10(6-8)9(11)12/h7-8H,3-6H2,1-2H3,(H,11,12). The minimum Gasteiger partial charge on any atom is -0.465 e. The van der Waals surface area contributed by atoms with E-state index in [1.807, 2.05) is 0 Å². The Labute approximate surface area is 95.3 Å². The van der Waals surface area contributed by atoms with Gasteiger partial charge in [-0.1, -0.05) is 0 Å². The summed E-state index contributed by atoms with van der Waals surface area (Å²) in [6.45, 7) is 2.51. The van der Waals surface area contributed by atoms with Crippen LogP contribution >= 0.6 is 0 Å². The lowest BCUT2D eigenvalue weighted by Gasteiger charge is -2.33. The lowest BCUT2D eigenvalue weighted by atomic mass is 9.94. The van der Waals surface area contributed by atoms with E-state index >= 15 is 0 Å². The first-order valence-electron chi connectivity index (χ1n) is 5.15. The average Bonchev–Trinajstić information content (AvgIpc) is 2.15. The van der Waals surface area contributed by atoms with Crippen LogP contribution in [-0.4, -0.2) is 50.0 Å². The number of likely N-dealkylation sites (tertiary alicyclic amines) is 1. The maximum absolute atomic E-state index is 10.9. The van der Waals surface area contributed by atoms with Crippen molar-refractivity contribution >= 4 is 16.2 Å². The van der Waals surface area contributed by atoms with E-state index in [0.29, 0.717) is 13.1 Å². The van der Waals surface area contributed by atoms with Crippen LogP contribution in [0.4, 0.5) is 4.79 Å². The zero-order valence-corrected chi connectivity index (χ0v) is 10.2. The SMILES string of the molecule is CC(OS(C)(=O)=O)C1CCCN(C(=O)O)C1. The molecule has 1 fully saturated rings. The maximum Gasteiger partial charge on any atom is 0.407 e. The summed E-state index contributed by atoms with van der Waals surface area (Å²) >= 11 is 0. The van der Waals surface area contributed by atoms with Crippen LogP contribution in [0.25, 0.3) is 0 Å². The van der Waals surface area contributed by atoms with Gasteiger partial charge in [-0.3, -0.25) is 4.18 Å². The monoisotopic (exact) mass is 251 g/mol. The molecule has 94 valence electrons. The number of carboxylic acid groups (broad SMARTS) is 1. The Hall–Kier alpha value is -0.820. The molecule has 1 saturated heterocycles. The van der Waals surface area contributed by atoms with Crippen molar-refractivity contribution in [2.24, 2.45) is 5.92 Å². The van der Waals surface area contributed by atoms with Crippen LogP contribution < -0.4 is 0 Å². The Balaban J connectivity index is 2.56. The van der Waals surface area contributed by atoms with Crippen molar-refractivity contribution in [3.63, 3.8) is 0 Å². The van der Waals surface area contributed by atoms with E-state index in [-0.39, 0.29) is 5.92 Å². The van der Waals surface area contributed by atoms with Gasteiger partial charge >= 0.3 is 6.09 Å². The summed E-state index contributed by atoms with van der Waals surface area (Å²) < 4.78 is 26.8. The Bertz CT molecular complexity index is 353. The first-order chi connectivity index (χ1) is 7.29. The fourth-order valence-corrected chi connectivity index (χ4v) is 2.63. The van der Waals surface area contributed by atoms with Crippen LogP contribution in [0.2, 0.25) is 0 Å². The van der Waals surface area contributed by atoms with Gasteiger partial charge in [-0.25, -0.2) is 4.79 Å². The lowest BCUT2D eigenvalue weighted by Crippen LogP contribution is -2.43. The number of hydrogen-bond donors (Lipinski definition) is 1. The molecule has 0 spiro atoms. The van der Waals surface area contributed by atoms with Crippen molar-refractivity contribution in [1.29, 1.82) is 0 Å². The molecule has 0 aromatic rings. The van der Waals surface area contributed by atoms with E-state index in [2.05, 4.69) is 0 Å². The highest BCUT2D eigenvalue weighted by atomic mass is 32.2. The Kier molecular flexibility index (Phi) is 4.15. The van der Waals surface area contributed by atoms with Crippen molar-refractivity contribution in [3.05, 3.63) is 0 Å². The van der Waals surface area contributed by atoms with E-state index in [1.54, 1.807) is 6.92 Å². The molecule has 1 N–H and O–H groups in total. The quantitative estimate of drug-likeness (QED) is 0.748. The summed E-state index contributed by atoms with van der Waals surface area (Å²) in [5.41, 5.74) is 0. The number of amides is 1. The molecule has 2 atom stereocenters. The zero-order chi connectivity index (χ0) is 12.3. The molecule has 0 aromatic carbocycles. The third-order valence-corrected chi connectivity index (χ3v) is 3.37. The van der Waals surface area contributed by atoms with Crippen molar-refractivity contribution < 1.29 is 22.5 Å². The lowest BCUT2D eigenvalue weighted by molar-refractivity contribution is 0.0769. The molecule has 1 rings (SSSR count). The molecule has 1 aliphatic heterocycles. The molecule has 7 heteroatoms. The highest BCUT2D eigenvalue weighted by Gasteiger charge is 2.29. The van der Waals surface area contributed by atoms with E-state index < -0.39 is 22.3 Å². The van der Waals surface area contributed by atoms with Gasteiger partial charge in [0.2, 0.25) is 0 Å². The summed E-state index contributed by atoms with van der Waals surface area (Å²) in [5, 5.41) is 8.84. The number of hydrogen-bond acceptors (Lipinski definition) is 4. The van der Waals surface area contributed by atoms with Crippen LogP contribution in [0.15, 0.2) is 0 Å². The van der Waals surface area contributed by atoms with E-state index in [9.17, 15) is 13.2 Å². The average molecular weight is 251 g/mol. The maximum atomic E-state index is 10.9. The normalized spacial score (nSPS) is 24.1. The third-order valence-electron chi connectivity index (χ3n) is 2.72. The van der Waals surface area contributed by atoms with Crippen LogP contribution in [0.5, 0.6) is 0 Å². The van der Waals surface area contributed by atoms with Gasteiger partial charge in [0.25, 0.3) is 10.1 Å². The van der Waals surface area contributed by atoms with Gasteiger partial charge in [0.1, 0.15) is 0 Å². The van der Waals surface area contributed by atoms with Gasteiger partial charge in [-0.15, -0.1) is 0 Å². The second-order valence-electron chi connectivity index (χ2n) is 4.14. The number of nitrogens with zero attached hydrogens (tertiary/aromatic N) is 1. The molecular weight excluding hydrogens is 234 g/mol. The fraction of sp³-hybridized carbons (Fsp3) is 0.889. The first kappa shape index (κ1) is 13.2. The number of rotatable bonds is 3. The Morgan fingerprint density at radius 2 is 2.19 bits per heavy atom. The van der Waals surface area contributed by atoms with Crippen LogP contribution in [0.3, 0.4) is 0 Å². The van der Waals surface area contributed by atoms with Gasteiger partial charge in [0.05, 0.1) is 12.4 Å². The summed E-state index contributed by atoms with van der Waals surface area (Å²) in [6, 6.07) is 0. The van der Waals surface area contributed by atoms with Gasteiger partial charge in [0, 0.05) is 19.0 Å². The van der Waals surface area contributed by atoms with E-state index in [4.69, 9.17) is 9.29 Å². The van der Waals surface area contributed by atoms with E-state index in [1.165, 1.54) is 4.90 Å². The molecule has 0 aromatic heterocycles. The first-order valence-corrected chi connectivity index (χ1v) is 6.97. The molecule has 2 unspecified atom stereocenters. The molecule has 0 bridgehead atoms. The molecule has 0 radical (unpaired) electrons. The Morgan fingerprint density at radius 1 is 1.56 bits per heavy atom. The molecule has 0 saturated carbocycles. The largest absolute Gasteiger partial charge is 0.465 e. The summed E-state index contributed by atoms with van der Waals surface area (Å²) in [6.07, 6.45) is 1.10. The van der Waals surface area contributed by atoms with Crippen molar-refractivity contribution in [2.75, 3.05) is 19.3 Å². The van der Waals surface area contributed by atoms with Crippen molar-refractivity contribution in [1.82, 2.24) is 4.90 Å². The molecule has 6 nitrogen and oxygen atoms in total. The number of piperidine rings is 1. The molecule has 16 heavy (non-hydrogen) atoms. The second kappa shape index (κ2) is 5.01. The Morgan fingerprint density at radius 3 is 2.69 bits per heavy atom. The van der Waals surface area contributed by atoms with Crippen molar-refractivity contribution in [3.8, 4) is 0 Å². The molecular formula is C9H17NO5S. The third kappa shape index (κ3) is 3.97. The minimum absolute atomic E-state index is 0.0559. The summed E-state index contributed by atoms with van der Waals surface area (Å²) in [7, 11) is -3.48. The van der Waals surface area contributed by atoms with Gasteiger partial charge in [0.15, 0.2) is 0 Å². The summed E-state index contributed by atoms with van der Waals surface area (Å²) in [4.78, 5) is 12.1. The van der Waals surface area contributed by atoms with E-state index in [0.717, 1.165) is 19.1 Å². The van der Waals surface area contributed by atoms with Gasteiger partial charge < -0.3 is 10.0 Å². The minimum atomic E-state index is -3.48. The fourth-order valence-electron chi connectivity index (χ4n) is 1.92. The second-order valence-corrected chi connectivity index (χ2v) is 5.74. The molecule has 0 aliphatic carbocycles. The molecule has 1 amide bonds. The smallest absolute Gasteiger partial charge is 0.407 e. The summed E-state index contributed by atoms with van der Waals surface area (Å²) in [5.74, 6) is -0.0559. The van der Waals surface area contributed by atoms with Crippen LogP contribution in [0.1, 0.15) is 19.8 Å². The molecule has 1 aliphatic rings. The number of carbonyl (C=O) groups is 1. The van der Waals surface area contributed by atoms with Crippen molar-refractivity contribution in [2.45, 2.75) is 25.9 Å². The predicted molar refractivity (Wildman–Crippen MR) is 57.7 cm³/mol. The highest BCUT2D eigenvalue weighted by molar-refractivity contribution is 7.86. The highest BCUT2D eigenvalue weighted by Crippen LogP contribution is 2.22.